The van der Waals surface area contributed by atoms with Crippen LogP contribution in [0, 0.1) is 5.41 Å². The Labute approximate surface area is 97.0 Å². The average molecular weight is 236 g/mol. The van der Waals surface area contributed by atoms with E-state index in [0.29, 0.717) is 12.4 Å². The van der Waals surface area contributed by atoms with Gasteiger partial charge in [-0.3, -0.25) is 5.21 Å². The first-order chi connectivity index (χ1) is 8.21. The van der Waals surface area contributed by atoms with Crippen LogP contribution in [0.3, 0.4) is 0 Å². The van der Waals surface area contributed by atoms with E-state index >= 15 is 0 Å². The Balaban J connectivity index is 1.76. The van der Waals surface area contributed by atoms with Crippen molar-refractivity contribution in [3.05, 3.63) is 12.3 Å². The van der Waals surface area contributed by atoms with Gasteiger partial charge in [0.1, 0.15) is 6.04 Å². The summed E-state index contributed by atoms with van der Waals surface area (Å²) in [4.78, 5) is 13.5. The van der Waals surface area contributed by atoms with Crippen LogP contribution in [0.1, 0.15) is 31.2 Å². The highest BCUT2D eigenvalue weighted by atomic mass is 16.5. The third-order valence-corrected chi connectivity index (χ3v) is 4.34. The molecule has 90 valence electrons. The number of hydrogen-bond acceptors (Lipinski definition) is 5. The van der Waals surface area contributed by atoms with E-state index in [1.54, 1.807) is 4.90 Å². The zero-order chi connectivity index (χ0) is 11.6. The Kier molecular flexibility index (Phi) is 1.54. The lowest BCUT2D eigenvalue weighted by molar-refractivity contribution is -0.0783. The maximum absolute atomic E-state index is 11.9. The smallest absolute Gasteiger partial charge is 0.344 e. The van der Waals surface area contributed by atoms with Crippen LogP contribution < -0.4 is 0 Å². The maximum Gasteiger partial charge on any atom is 0.344 e. The molecule has 3 fully saturated rings. The summed E-state index contributed by atoms with van der Waals surface area (Å²) >= 11 is 0. The first-order valence-electron chi connectivity index (χ1n) is 5.76. The minimum absolute atomic E-state index is 0.0610. The van der Waals surface area contributed by atoms with Gasteiger partial charge in [0, 0.05) is 6.54 Å². The SMILES string of the molecule is O=C1N(O)[C@H]2CN1[C@H](c1nnco1)CC21CC1. The number of rotatable bonds is 1. The van der Waals surface area contributed by atoms with Crippen LogP contribution >= 0.6 is 0 Å². The molecule has 7 heteroatoms. The van der Waals surface area contributed by atoms with Crippen molar-refractivity contribution < 1.29 is 14.4 Å². The molecular formula is C10H12N4O3. The van der Waals surface area contributed by atoms with Gasteiger partial charge < -0.3 is 9.32 Å². The molecule has 0 radical (unpaired) electrons. The standard InChI is InChI=1S/C10H12N4O3/c15-9-13-4-7(14(9)16)10(1-2-10)3-6(13)8-12-11-5-17-8/h5-7,16H,1-4H2/t6-,7-/m0/s1. The number of fused-ring (bicyclic) bond motifs is 3. The first-order valence-corrected chi connectivity index (χ1v) is 5.76. The van der Waals surface area contributed by atoms with E-state index in [2.05, 4.69) is 10.2 Å². The fraction of sp³-hybridized carbons (Fsp3) is 0.700. The largest absolute Gasteiger partial charge is 0.426 e. The zero-order valence-electron chi connectivity index (χ0n) is 9.11. The number of carbonyl (C=O) groups excluding carboxylic acids is 1. The normalized spacial score (nSPS) is 33.6. The summed E-state index contributed by atoms with van der Waals surface area (Å²) in [6.07, 6.45) is 4.20. The summed E-state index contributed by atoms with van der Waals surface area (Å²) in [6.45, 7) is 0.558. The van der Waals surface area contributed by atoms with Crippen molar-refractivity contribution in [3.63, 3.8) is 0 Å². The quantitative estimate of drug-likeness (QED) is 0.729. The number of hydrogen-bond donors (Lipinski definition) is 1. The van der Waals surface area contributed by atoms with Gasteiger partial charge in [0.05, 0.1) is 6.04 Å². The summed E-state index contributed by atoms with van der Waals surface area (Å²) in [5, 5.41) is 18.3. The number of hydroxylamine groups is 2. The van der Waals surface area contributed by atoms with Gasteiger partial charge in [-0.25, -0.2) is 9.86 Å². The number of urea groups is 1. The molecule has 1 aliphatic carbocycles. The summed E-state index contributed by atoms with van der Waals surface area (Å²) in [5.74, 6) is 0.471. The molecule has 2 aliphatic heterocycles. The molecule has 2 atom stereocenters. The van der Waals surface area contributed by atoms with Crippen molar-refractivity contribution in [2.45, 2.75) is 31.3 Å². The minimum atomic E-state index is -0.345. The van der Waals surface area contributed by atoms with Gasteiger partial charge in [-0.1, -0.05) is 0 Å². The zero-order valence-corrected chi connectivity index (χ0v) is 9.11. The predicted molar refractivity (Wildman–Crippen MR) is 52.8 cm³/mol. The summed E-state index contributed by atoms with van der Waals surface area (Å²) < 4.78 is 5.21. The van der Waals surface area contributed by atoms with Crippen molar-refractivity contribution in [2.24, 2.45) is 5.41 Å². The van der Waals surface area contributed by atoms with Crippen molar-refractivity contribution in [3.8, 4) is 0 Å². The summed E-state index contributed by atoms with van der Waals surface area (Å²) in [5.41, 5.74) is 0.0660. The topological polar surface area (TPSA) is 82.7 Å². The lowest BCUT2D eigenvalue weighted by Crippen LogP contribution is -2.41. The Bertz CT molecular complexity index is 470. The molecule has 2 amide bonds. The highest BCUT2D eigenvalue weighted by Crippen LogP contribution is 2.61. The Morgan fingerprint density at radius 3 is 3.00 bits per heavy atom. The third kappa shape index (κ3) is 1.07. The minimum Gasteiger partial charge on any atom is -0.426 e. The van der Waals surface area contributed by atoms with Crippen LogP contribution in [0.2, 0.25) is 0 Å². The Morgan fingerprint density at radius 2 is 2.35 bits per heavy atom. The van der Waals surface area contributed by atoms with Crippen molar-refractivity contribution in [2.75, 3.05) is 6.54 Å². The van der Waals surface area contributed by atoms with Crippen LogP contribution in [0.5, 0.6) is 0 Å². The van der Waals surface area contributed by atoms with Gasteiger partial charge in [0.25, 0.3) is 0 Å². The Hall–Kier alpha value is -1.63. The van der Waals surface area contributed by atoms with Gasteiger partial charge in [0.2, 0.25) is 12.3 Å². The fourth-order valence-electron chi connectivity index (χ4n) is 3.20. The summed E-state index contributed by atoms with van der Waals surface area (Å²) in [6, 6.07) is -0.586. The van der Waals surface area contributed by atoms with E-state index in [4.69, 9.17) is 4.42 Å². The molecule has 3 aliphatic rings. The second-order valence-corrected chi connectivity index (χ2v) is 5.15. The molecule has 1 saturated carbocycles. The molecule has 17 heavy (non-hydrogen) atoms. The van der Waals surface area contributed by atoms with Crippen LogP contribution in [0.4, 0.5) is 4.79 Å². The van der Waals surface area contributed by atoms with E-state index in [1.807, 2.05) is 0 Å². The van der Waals surface area contributed by atoms with Gasteiger partial charge >= 0.3 is 6.03 Å². The van der Waals surface area contributed by atoms with Crippen LogP contribution in [-0.4, -0.2) is 44.0 Å². The van der Waals surface area contributed by atoms with Crippen molar-refractivity contribution >= 4 is 6.03 Å². The molecule has 3 heterocycles. The predicted octanol–water partition coefficient (Wildman–Crippen LogP) is 0.790. The van der Waals surface area contributed by atoms with Crippen LogP contribution in [-0.2, 0) is 0 Å². The molecule has 4 rings (SSSR count). The molecular weight excluding hydrogens is 224 g/mol. The van der Waals surface area contributed by atoms with E-state index < -0.39 is 0 Å². The lowest BCUT2D eigenvalue weighted by Gasteiger charge is -2.34. The third-order valence-electron chi connectivity index (χ3n) is 4.34. The fourth-order valence-corrected chi connectivity index (χ4v) is 3.20. The van der Waals surface area contributed by atoms with Gasteiger partial charge in [-0.15, -0.1) is 10.2 Å². The van der Waals surface area contributed by atoms with Crippen molar-refractivity contribution in [1.29, 1.82) is 0 Å². The monoisotopic (exact) mass is 236 g/mol. The van der Waals surface area contributed by atoms with Crippen LogP contribution in [0.15, 0.2) is 10.8 Å². The number of carbonyl (C=O) groups is 1. The molecule has 1 spiro atoms. The molecule has 1 aromatic heterocycles. The second kappa shape index (κ2) is 2.79. The maximum atomic E-state index is 11.9. The lowest BCUT2D eigenvalue weighted by atomic mass is 9.85. The number of aromatic nitrogens is 2. The van der Waals surface area contributed by atoms with Gasteiger partial charge in [0.15, 0.2) is 0 Å². The van der Waals surface area contributed by atoms with Crippen LogP contribution in [0.25, 0.3) is 0 Å². The van der Waals surface area contributed by atoms with Crippen molar-refractivity contribution in [1.82, 2.24) is 20.2 Å². The molecule has 2 bridgehead atoms. The first kappa shape index (κ1) is 9.41. The van der Waals surface area contributed by atoms with E-state index in [1.165, 1.54) is 6.39 Å². The number of amides is 2. The highest BCUT2D eigenvalue weighted by molar-refractivity contribution is 5.77. The molecule has 1 N–H and O–H groups in total. The van der Waals surface area contributed by atoms with E-state index in [9.17, 15) is 10.0 Å². The van der Waals surface area contributed by atoms with E-state index in [-0.39, 0.29) is 23.5 Å². The van der Waals surface area contributed by atoms with E-state index in [0.717, 1.165) is 24.3 Å². The Morgan fingerprint density at radius 1 is 1.53 bits per heavy atom. The van der Waals surface area contributed by atoms with Gasteiger partial charge in [-0.2, -0.15) is 0 Å². The van der Waals surface area contributed by atoms with Gasteiger partial charge in [-0.05, 0) is 24.7 Å². The molecule has 0 unspecified atom stereocenters. The summed E-state index contributed by atoms with van der Waals surface area (Å²) in [7, 11) is 0. The molecule has 7 nitrogen and oxygen atoms in total. The average Bonchev–Trinajstić information content (AvgIpc) is 2.81. The highest BCUT2D eigenvalue weighted by Gasteiger charge is 2.63. The number of piperidine rings is 1. The number of nitrogens with zero attached hydrogens (tertiary/aromatic N) is 4. The molecule has 0 aromatic carbocycles. The second-order valence-electron chi connectivity index (χ2n) is 5.15. The molecule has 2 saturated heterocycles. The molecule has 1 aromatic rings.